The fourth-order valence-electron chi connectivity index (χ4n) is 1.72. The van der Waals surface area contributed by atoms with Crippen LogP contribution >= 0.6 is 34.2 Å². The third-order valence-corrected chi connectivity index (χ3v) is 3.51. The molecule has 90 valence electrons. The average molecular weight is 372 g/mol. The van der Waals surface area contributed by atoms with Gasteiger partial charge >= 0.3 is 0 Å². The first-order chi connectivity index (χ1) is 8.65. The molecule has 3 aromatic rings. The second-order valence-corrected chi connectivity index (χ2v) is 5.28. The molecule has 0 fully saturated rings. The Morgan fingerprint density at radius 1 is 1.17 bits per heavy atom. The van der Waals surface area contributed by atoms with Crippen LogP contribution in [0.4, 0.5) is 5.95 Å². The van der Waals surface area contributed by atoms with Crippen LogP contribution in [0, 0.1) is 3.57 Å². The lowest BCUT2D eigenvalue weighted by Crippen LogP contribution is -1.95. The van der Waals surface area contributed by atoms with Gasteiger partial charge in [0.1, 0.15) is 5.15 Å². The van der Waals surface area contributed by atoms with Crippen LogP contribution < -0.4 is 5.73 Å². The number of nitrogens with zero attached hydrogens (tertiary/aromatic N) is 3. The van der Waals surface area contributed by atoms with Crippen LogP contribution in [0.2, 0.25) is 5.15 Å². The van der Waals surface area contributed by atoms with Crippen molar-refractivity contribution in [3.05, 3.63) is 33.0 Å². The number of H-pyrrole nitrogens is 1. The molecule has 0 aliphatic heterocycles. The van der Waals surface area contributed by atoms with Crippen molar-refractivity contribution in [2.75, 3.05) is 5.73 Å². The van der Waals surface area contributed by atoms with Crippen molar-refractivity contribution >= 4 is 51.2 Å². The molecule has 5 nitrogen and oxygen atoms in total. The largest absolute Gasteiger partial charge is 0.368 e. The predicted octanol–water partition coefficient (Wildman–Crippen LogP) is 2.86. The van der Waals surface area contributed by atoms with Crippen molar-refractivity contribution in [3.63, 3.8) is 0 Å². The van der Waals surface area contributed by atoms with E-state index in [1.54, 1.807) is 0 Å². The number of fused-ring (bicyclic) bond motifs is 1. The van der Waals surface area contributed by atoms with E-state index >= 15 is 0 Å². The van der Waals surface area contributed by atoms with Crippen LogP contribution in [-0.2, 0) is 0 Å². The third-order valence-electron chi connectivity index (χ3n) is 2.52. The summed E-state index contributed by atoms with van der Waals surface area (Å²) in [5.74, 6) is 0.119. The van der Waals surface area contributed by atoms with E-state index in [-0.39, 0.29) is 5.95 Å². The number of hydrogen-bond donors (Lipinski definition) is 2. The lowest BCUT2D eigenvalue weighted by Gasteiger charge is -2.00. The van der Waals surface area contributed by atoms with E-state index in [0.29, 0.717) is 16.2 Å². The van der Waals surface area contributed by atoms with Crippen LogP contribution in [0.25, 0.3) is 22.3 Å². The average Bonchev–Trinajstić information content (AvgIpc) is 2.74. The number of rotatable bonds is 1. The van der Waals surface area contributed by atoms with Gasteiger partial charge in [-0.05, 0) is 34.7 Å². The van der Waals surface area contributed by atoms with Gasteiger partial charge in [0, 0.05) is 9.13 Å². The van der Waals surface area contributed by atoms with E-state index in [1.165, 1.54) is 0 Å². The Bertz CT molecular complexity index is 722. The zero-order valence-corrected chi connectivity index (χ0v) is 11.9. The van der Waals surface area contributed by atoms with Crippen molar-refractivity contribution in [1.82, 2.24) is 20.2 Å². The second-order valence-electron chi connectivity index (χ2n) is 3.68. The van der Waals surface area contributed by atoms with Crippen molar-refractivity contribution in [2.24, 2.45) is 0 Å². The highest BCUT2D eigenvalue weighted by Gasteiger charge is 2.14. The number of halogens is 2. The van der Waals surface area contributed by atoms with Crippen molar-refractivity contribution in [3.8, 4) is 11.3 Å². The van der Waals surface area contributed by atoms with Crippen molar-refractivity contribution < 1.29 is 0 Å². The van der Waals surface area contributed by atoms with Gasteiger partial charge in [0.25, 0.3) is 0 Å². The molecule has 0 saturated heterocycles. The monoisotopic (exact) mass is 371 g/mol. The quantitative estimate of drug-likeness (QED) is 0.509. The van der Waals surface area contributed by atoms with E-state index in [1.807, 2.05) is 24.3 Å². The summed E-state index contributed by atoms with van der Waals surface area (Å²) in [5.41, 5.74) is 7.78. The molecule has 0 aliphatic carbocycles. The molecule has 0 amide bonds. The zero-order valence-electron chi connectivity index (χ0n) is 8.98. The van der Waals surface area contributed by atoms with Gasteiger partial charge < -0.3 is 5.73 Å². The Kier molecular flexibility index (Phi) is 2.83. The van der Waals surface area contributed by atoms with Gasteiger partial charge in [-0.15, -0.1) is 0 Å². The normalized spacial score (nSPS) is 11.0. The summed E-state index contributed by atoms with van der Waals surface area (Å²) < 4.78 is 1.16. The van der Waals surface area contributed by atoms with E-state index in [0.717, 1.165) is 14.8 Å². The summed E-state index contributed by atoms with van der Waals surface area (Å²) >= 11 is 8.35. The van der Waals surface area contributed by atoms with E-state index in [2.05, 4.69) is 42.8 Å². The van der Waals surface area contributed by atoms with Gasteiger partial charge in [-0.2, -0.15) is 10.1 Å². The van der Waals surface area contributed by atoms with Crippen LogP contribution in [0.3, 0.4) is 0 Å². The maximum atomic E-state index is 6.10. The SMILES string of the molecule is Nc1nc(Cl)c2c(-c3ccc(I)cc3)[nH]nc2n1. The number of nitrogen functional groups attached to an aromatic ring is 1. The minimum absolute atomic E-state index is 0.119. The molecule has 7 heteroatoms. The van der Waals surface area contributed by atoms with Gasteiger partial charge in [-0.3, -0.25) is 5.10 Å². The highest BCUT2D eigenvalue weighted by molar-refractivity contribution is 14.1. The number of aromatic nitrogens is 4. The van der Waals surface area contributed by atoms with E-state index in [9.17, 15) is 0 Å². The Balaban J connectivity index is 2.27. The van der Waals surface area contributed by atoms with E-state index < -0.39 is 0 Å². The van der Waals surface area contributed by atoms with Crippen molar-refractivity contribution in [2.45, 2.75) is 0 Å². The molecule has 1 aromatic carbocycles. The molecule has 0 aliphatic rings. The Labute approximate surface area is 121 Å². The second kappa shape index (κ2) is 4.36. The molecule has 2 aromatic heterocycles. The Morgan fingerprint density at radius 2 is 1.89 bits per heavy atom. The van der Waals surface area contributed by atoms with Gasteiger partial charge in [-0.1, -0.05) is 23.7 Å². The molecule has 0 unspecified atom stereocenters. The van der Waals surface area contributed by atoms with Crippen molar-refractivity contribution in [1.29, 1.82) is 0 Å². The highest BCUT2D eigenvalue weighted by atomic mass is 127. The fourth-order valence-corrected chi connectivity index (χ4v) is 2.35. The minimum atomic E-state index is 0.119. The topological polar surface area (TPSA) is 80.5 Å². The first-order valence-electron chi connectivity index (χ1n) is 5.08. The number of benzene rings is 1. The van der Waals surface area contributed by atoms with Crippen LogP contribution in [0.15, 0.2) is 24.3 Å². The van der Waals surface area contributed by atoms with Gasteiger partial charge in [0.15, 0.2) is 5.65 Å². The number of nitrogens with one attached hydrogen (secondary N) is 1. The van der Waals surface area contributed by atoms with Crippen LogP contribution in [0.5, 0.6) is 0 Å². The number of nitrogens with two attached hydrogens (primary N) is 1. The maximum absolute atomic E-state index is 6.10. The smallest absolute Gasteiger partial charge is 0.223 e. The van der Waals surface area contributed by atoms with Crippen LogP contribution in [0.1, 0.15) is 0 Å². The first kappa shape index (κ1) is 11.7. The molecule has 0 saturated carbocycles. The number of anilines is 1. The lowest BCUT2D eigenvalue weighted by molar-refractivity contribution is 1.10. The minimum Gasteiger partial charge on any atom is -0.368 e. The van der Waals surface area contributed by atoms with Gasteiger partial charge in [0.05, 0.1) is 11.1 Å². The molecule has 0 radical (unpaired) electrons. The predicted molar refractivity (Wildman–Crippen MR) is 79.3 cm³/mol. The zero-order chi connectivity index (χ0) is 12.7. The molecule has 0 atom stereocenters. The first-order valence-corrected chi connectivity index (χ1v) is 6.54. The maximum Gasteiger partial charge on any atom is 0.223 e. The Morgan fingerprint density at radius 3 is 2.61 bits per heavy atom. The highest BCUT2D eigenvalue weighted by Crippen LogP contribution is 2.30. The number of hydrogen-bond acceptors (Lipinski definition) is 4. The summed E-state index contributed by atoms with van der Waals surface area (Å²) in [4.78, 5) is 7.99. The standard InChI is InChI=1S/C11H7ClIN5/c12-9-7-8(5-1-3-6(13)4-2-5)17-18-10(7)16-11(14)15-9/h1-4H,(H3,14,15,16,17,18). The molecule has 2 heterocycles. The molecule has 3 rings (SSSR count). The molecular weight excluding hydrogens is 365 g/mol. The van der Waals surface area contributed by atoms with E-state index in [4.69, 9.17) is 17.3 Å². The van der Waals surface area contributed by atoms with Gasteiger partial charge in [-0.25, -0.2) is 4.98 Å². The molecule has 0 bridgehead atoms. The summed E-state index contributed by atoms with van der Waals surface area (Å²) in [6, 6.07) is 7.99. The molecule has 3 N–H and O–H groups in total. The summed E-state index contributed by atoms with van der Waals surface area (Å²) in [6.45, 7) is 0. The molecule has 0 spiro atoms. The number of aromatic amines is 1. The third kappa shape index (κ3) is 1.91. The summed E-state index contributed by atoms with van der Waals surface area (Å²) in [5, 5.41) is 8.01. The van der Waals surface area contributed by atoms with Crippen LogP contribution in [-0.4, -0.2) is 20.2 Å². The summed E-state index contributed by atoms with van der Waals surface area (Å²) in [7, 11) is 0. The lowest BCUT2D eigenvalue weighted by atomic mass is 10.1. The summed E-state index contributed by atoms with van der Waals surface area (Å²) in [6.07, 6.45) is 0. The molecule has 18 heavy (non-hydrogen) atoms. The molecular formula is C11H7ClIN5. The van der Waals surface area contributed by atoms with Gasteiger partial charge in [0.2, 0.25) is 5.95 Å². The Hall–Kier alpha value is -1.41. The fraction of sp³-hybridized carbons (Fsp3) is 0.